The molecule has 3 heterocycles. The molecule has 1 aromatic heterocycles. The number of thiazole rings is 1. The van der Waals surface area contributed by atoms with Crippen LogP contribution >= 0.6 is 11.3 Å². The third-order valence-electron chi connectivity index (χ3n) is 4.29. The maximum atomic E-state index is 12.5. The summed E-state index contributed by atoms with van der Waals surface area (Å²) in [5.74, 6) is 0.0641. The molecule has 2 amide bonds. The number of nitrogens with zero attached hydrogens (tertiary/aromatic N) is 4. The molecule has 2 aliphatic rings. The van der Waals surface area contributed by atoms with E-state index in [0.29, 0.717) is 32.5 Å². The van der Waals surface area contributed by atoms with Crippen LogP contribution in [0.4, 0.5) is 4.79 Å². The molecule has 114 valence electrons. The van der Waals surface area contributed by atoms with Crippen molar-refractivity contribution in [1.29, 1.82) is 0 Å². The van der Waals surface area contributed by atoms with Gasteiger partial charge in [-0.05, 0) is 12.8 Å². The highest BCUT2D eigenvalue weighted by Gasteiger charge is 2.37. The molecule has 0 aromatic carbocycles. The van der Waals surface area contributed by atoms with Gasteiger partial charge in [0, 0.05) is 33.2 Å². The Bertz CT molecular complexity index is 655. The van der Waals surface area contributed by atoms with E-state index in [1.807, 2.05) is 16.5 Å². The average molecular weight is 310 g/mol. The number of amides is 2. The van der Waals surface area contributed by atoms with E-state index in [4.69, 9.17) is 5.11 Å². The SMILES string of the molecule is CN=c1sc2c(n1C)CN(C1CCN(C(=O)O)CC1)C2=O. The summed E-state index contributed by atoms with van der Waals surface area (Å²) in [6.07, 6.45) is 0.546. The summed E-state index contributed by atoms with van der Waals surface area (Å²) in [5.41, 5.74) is 1.02. The topological polar surface area (TPSA) is 78.1 Å². The molecule has 3 rings (SSSR count). The monoisotopic (exact) mass is 310 g/mol. The van der Waals surface area contributed by atoms with Crippen LogP contribution in [-0.4, -0.2) is 57.7 Å². The van der Waals surface area contributed by atoms with Gasteiger partial charge in [0.1, 0.15) is 4.88 Å². The molecule has 0 atom stereocenters. The van der Waals surface area contributed by atoms with Gasteiger partial charge in [-0.3, -0.25) is 9.79 Å². The van der Waals surface area contributed by atoms with Gasteiger partial charge in [0.05, 0.1) is 12.2 Å². The lowest BCUT2D eigenvalue weighted by Gasteiger charge is -2.35. The molecule has 7 nitrogen and oxygen atoms in total. The summed E-state index contributed by atoms with van der Waals surface area (Å²) in [6.45, 7) is 1.60. The maximum Gasteiger partial charge on any atom is 0.407 e. The van der Waals surface area contributed by atoms with Gasteiger partial charge >= 0.3 is 6.09 Å². The van der Waals surface area contributed by atoms with Crippen LogP contribution < -0.4 is 4.80 Å². The summed E-state index contributed by atoms with van der Waals surface area (Å²) >= 11 is 1.43. The fourth-order valence-electron chi connectivity index (χ4n) is 3.05. The minimum Gasteiger partial charge on any atom is -0.465 e. The molecule has 0 bridgehead atoms. The first kappa shape index (κ1) is 14.1. The van der Waals surface area contributed by atoms with E-state index in [2.05, 4.69) is 4.99 Å². The van der Waals surface area contributed by atoms with E-state index < -0.39 is 6.09 Å². The van der Waals surface area contributed by atoms with Crippen molar-refractivity contribution in [1.82, 2.24) is 14.4 Å². The van der Waals surface area contributed by atoms with E-state index >= 15 is 0 Å². The van der Waals surface area contributed by atoms with Gasteiger partial charge in [-0.2, -0.15) is 0 Å². The van der Waals surface area contributed by atoms with Crippen molar-refractivity contribution in [3.05, 3.63) is 15.4 Å². The second-order valence-electron chi connectivity index (χ2n) is 5.38. The van der Waals surface area contributed by atoms with Crippen molar-refractivity contribution >= 4 is 23.3 Å². The zero-order valence-electron chi connectivity index (χ0n) is 12.1. The van der Waals surface area contributed by atoms with Crippen LogP contribution in [0.1, 0.15) is 28.2 Å². The Morgan fingerprint density at radius 1 is 1.38 bits per heavy atom. The minimum atomic E-state index is -0.874. The third-order valence-corrected chi connectivity index (χ3v) is 5.54. The van der Waals surface area contributed by atoms with Crippen LogP contribution in [0.25, 0.3) is 0 Å². The Morgan fingerprint density at radius 3 is 2.57 bits per heavy atom. The quantitative estimate of drug-likeness (QED) is 0.830. The number of fused-ring (bicyclic) bond motifs is 1. The zero-order valence-corrected chi connectivity index (χ0v) is 12.9. The maximum absolute atomic E-state index is 12.5. The summed E-state index contributed by atoms with van der Waals surface area (Å²) in [6, 6.07) is 0.134. The zero-order chi connectivity index (χ0) is 15.1. The second kappa shape index (κ2) is 5.18. The van der Waals surface area contributed by atoms with E-state index in [9.17, 15) is 9.59 Å². The van der Waals surface area contributed by atoms with E-state index in [-0.39, 0.29) is 11.9 Å². The number of rotatable bonds is 1. The fourth-order valence-corrected chi connectivity index (χ4v) is 4.10. The summed E-state index contributed by atoms with van der Waals surface area (Å²) in [5, 5.41) is 8.98. The number of carboxylic acid groups (broad SMARTS) is 1. The molecule has 8 heteroatoms. The Kier molecular flexibility index (Phi) is 3.48. The molecule has 1 aromatic rings. The van der Waals surface area contributed by atoms with Gasteiger partial charge in [-0.25, -0.2) is 4.79 Å². The van der Waals surface area contributed by atoms with Crippen molar-refractivity contribution in [3.8, 4) is 0 Å². The first-order valence-corrected chi connectivity index (χ1v) is 7.75. The number of piperidine rings is 1. The van der Waals surface area contributed by atoms with E-state index in [1.165, 1.54) is 16.2 Å². The molecule has 0 saturated carbocycles. The Morgan fingerprint density at radius 2 is 2.05 bits per heavy atom. The first-order valence-electron chi connectivity index (χ1n) is 6.93. The highest BCUT2D eigenvalue weighted by atomic mass is 32.1. The van der Waals surface area contributed by atoms with Crippen LogP contribution in [0, 0.1) is 0 Å². The normalized spacial score (nSPS) is 20.3. The van der Waals surface area contributed by atoms with E-state index in [0.717, 1.165) is 15.4 Å². The third kappa shape index (κ3) is 2.23. The molecule has 0 unspecified atom stereocenters. The van der Waals surface area contributed by atoms with Crippen LogP contribution in [0.15, 0.2) is 4.99 Å². The Hall–Kier alpha value is -1.83. The number of hydrogen-bond acceptors (Lipinski definition) is 4. The van der Waals surface area contributed by atoms with Gasteiger partial charge in [0.25, 0.3) is 5.91 Å². The Labute approximate surface area is 126 Å². The van der Waals surface area contributed by atoms with Crippen LogP contribution in [0.5, 0.6) is 0 Å². The smallest absolute Gasteiger partial charge is 0.407 e. The van der Waals surface area contributed by atoms with Gasteiger partial charge < -0.3 is 19.5 Å². The van der Waals surface area contributed by atoms with Crippen LogP contribution in [-0.2, 0) is 13.6 Å². The lowest BCUT2D eigenvalue weighted by molar-refractivity contribution is 0.0597. The van der Waals surface area contributed by atoms with Crippen molar-refractivity contribution in [3.63, 3.8) is 0 Å². The first-order chi connectivity index (χ1) is 10.0. The minimum absolute atomic E-state index is 0.0641. The lowest BCUT2D eigenvalue weighted by Crippen LogP contribution is -2.46. The number of hydrogen-bond donors (Lipinski definition) is 1. The highest BCUT2D eigenvalue weighted by Crippen LogP contribution is 2.29. The van der Waals surface area contributed by atoms with Crippen molar-refractivity contribution in [2.75, 3.05) is 20.1 Å². The van der Waals surface area contributed by atoms with Gasteiger partial charge in [-0.15, -0.1) is 0 Å². The number of carbonyl (C=O) groups excluding carboxylic acids is 1. The van der Waals surface area contributed by atoms with E-state index in [1.54, 1.807) is 7.05 Å². The fraction of sp³-hybridized carbons (Fsp3) is 0.615. The summed E-state index contributed by atoms with van der Waals surface area (Å²) < 4.78 is 1.98. The Balaban J connectivity index is 1.76. The van der Waals surface area contributed by atoms with Crippen LogP contribution in [0.3, 0.4) is 0 Å². The number of carbonyl (C=O) groups is 2. The predicted molar refractivity (Wildman–Crippen MR) is 77.3 cm³/mol. The molecular weight excluding hydrogens is 292 g/mol. The van der Waals surface area contributed by atoms with Gasteiger partial charge in [-0.1, -0.05) is 11.3 Å². The molecule has 0 spiro atoms. The summed E-state index contributed by atoms with van der Waals surface area (Å²) in [4.78, 5) is 32.6. The van der Waals surface area contributed by atoms with Crippen molar-refractivity contribution in [2.45, 2.75) is 25.4 Å². The van der Waals surface area contributed by atoms with Crippen molar-refractivity contribution in [2.24, 2.45) is 12.0 Å². The van der Waals surface area contributed by atoms with Crippen molar-refractivity contribution < 1.29 is 14.7 Å². The molecule has 0 aliphatic carbocycles. The molecule has 1 N–H and O–H groups in total. The largest absolute Gasteiger partial charge is 0.465 e. The predicted octanol–water partition coefficient (Wildman–Crippen LogP) is 0.715. The number of likely N-dealkylation sites (tertiary alicyclic amines) is 1. The van der Waals surface area contributed by atoms with Crippen LogP contribution in [0.2, 0.25) is 0 Å². The molecule has 1 saturated heterocycles. The molecule has 0 radical (unpaired) electrons. The lowest BCUT2D eigenvalue weighted by atomic mass is 10.0. The molecule has 1 fully saturated rings. The van der Waals surface area contributed by atoms with Gasteiger partial charge in [0.2, 0.25) is 0 Å². The molecular formula is C13H18N4O3S. The second-order valence-corrected chi connectivity index (χ2v) is 6.35. The number of aromatic nitrogens is 1. The molecule has 21 heavy (non-hydrogen) atoms. The standard InChI is InChI=1S/C13H18N4O3S/c1-14-12-15(2)9-7-17(11(18)10(9)21-12)8-3-5-16(6-4-8)13(19)20/h8H,3-7H2,1-2H3,(H,19,20). The average Bonchev–Trinajstić information content (AvgIpc) is 2.97. The summed E-state index contributed by atoms with van der Waals surface area (Å²) in [7, 11) is 3.66. The van der Waals surface area contributed by atoms with Gasteiger partial charge in [0.15, 0.2) is 4.80 Å². The molecule has 2 aliphatic heterocycles. The highest BCUT2D eigenvalue weighted by molar-refractivity contribution is 7.11.